The quantitative estimate of drug-likeness (QED) is 0.878. The molecule has 0 saturated heterocycles. The van der Waals surface area contributed by atoms with E-state index in [0.717, 1.165) is 16.5 Å². The molecule has 0 amide bonds. The van der Waals surface area contributed by atoms with Gasteiger partial charge in [-0.05, 0) is 31.7 Å². The lowest BCUT2D eigenvalue weighted by Crippen LogP contribution is -2.29. The van der Waals surface area contributed by atoms with E-state index < -0.39 is 5.97 Å². The van der Waals surface area contributed by atoms with Gasteiger partial charge in [-0.25, -0.2) is 0 Å². The molecular formula is C12H16BrNO3. The lowest BCUT2D eigenvalue weighted by Gasteiger charge is -2.26. The molecule has 1 aromatic rings. The van der Waals surface area contributed by atoms with Crippen molar-refractivity contribution in [2.45, 2.75) is 19.4 Å². The topological polar surface area (TPSA) is 60.8 Å². The molecule has 17 heavy (non-hydrogen) atoms. The van der Waals surface area contributed by atoms with Gasteiger partial charge < -0.3 is 10.2 Å². The Labute approximate surface area is 109 Å². The Morgan fingerprint density at radius 2 is 2.18 bits per heavy atom. The van der Waals surface area contributed by atoms with Crippen molar-refractivity contribution in [2.75, 3.05) is 13.6 Å². The van der Waals surface area contributed by atoms with Gasteiger partial charge in [-0.15, -0.1) is 0 Å². The number of hydrogen-bond acceptors (Lipinski definition) is 3. The number of carbonyl (C=O) groups is 1. The normalized spacial score (nSPS) is 12.7. The molecule has 1 rings (SSSR count). The minimum absolute atomic E-state index is 0.0511. The zero-order valence-electron chi connectivity index (χ0n) is 9.85. The molecule has 4 nitrogen and oxygen atoms in total. The second-order valence-electron chi connectivity index (χ2n) is 3.94. The highest BCUT2D eigenvalue weighted by Gasteiger charge is 2.20. The number of carboxylic acids is 1. The summed E-state index contributed by atoms with van der Waals surface area (Å²) in [5.41, 5.74) is 0.741. The summed E-state index contributed by atoms with van der Waals surface area (Å²) >= 11 is 3.35. The number of benzene rings is 1. The van der Waals surface area contributed by atoms with E-state index in [4.69, 9.17) is 5.11 Å². The third-order valence-corrected chi connectivity index (χ3v) is 3.15. The molecule has 94 valence electrons. The van der Waals surface area contributed by atoms with Gasteiger partial charge in [0.05, 0.1) is 6.54 Å². The van der Waals surface area contributed by atoms with Gasteiger partial charge in [0.1, 0.15) is 5.75 Å². The average Bonchev–Trinajstić information content (AvgIpc) is 2.23. The molecule has 0 fully saturated rings. The van der Waals surface area contributed by atoms with Gasteiger partial charge in [-0.3, -0.25) is 9.69 Å². The zero-order valence-corrected chi connectivity index (χ0v) is 11.4. The average molecular weight is 302 g/mol. The van der Waals surface area contributed by atoms with Crippen molar-refractivity contribution in [3.63, 3.8) is 0 Å². The first kappa shape index (κ1) is 14.0. The predicted molar refractivity (Wildman–Crippen MR) is 69.1 cm³/mol. The molecule has 1 unspecified atom stereocenters. The van der Waals surface area contributed by atoms with Crippen LogP contribution in [0, 0.1) is 0 Å². The predicted octanol–water partition coefficient (Wildman–Crippen LogP) is 2.62. The largest absolute Gasteiger partial charge is 0.508 e. The Bertz CT molecular complexity index is 409. The fourth-order valence-corrected chi connectivity index (χ4v) is 2.26. The maximum Gasteiger partial charge on any atom is 0.317 e. The van der Waals surface area contributed by atoms with Crippen LogP contribution in [0.4, 0.5) is 0 Å². The van der Waals surface area contributed by atoms with Gasteiger partial charge in [0.15, 0.2) is 0 Å². The van der Waals surface area contributed by atoms with E-state index in [9.17, 15) is 9.90 Å². The molecular weight excluding hydrogens is 286 g/mol. The molecule has 0 spiro atoms. The minimum Gasteiger partial charge on any atom is -0.508 e. The van der Waals surface area contributed by atoms with Crippen LogP contribution < -0.4 is 0 Å². The molecule has 0 aromatic heterocycles. The number of nitrogens with zero attached hydrogens (tertiary/aromatic N) is 1. The molecule has 1 atom stereocenters. The maximum atomic E-state index is 10.7. The van der Waals surface area contributed by atoms with Crippen molar-refractivity contribution in [1.82, 2.24) is 4.90 Å². The third kappa shape index (κ3) is 3.71. The Morgan fingerprint density at radius 3 is 2.71 bits per heavy atom. The first-order valence-electron chi connectivity index (χ1n) is 5.36. The number of carboxylic acid groups (broad SMARTS) is 1. The van der Waals surface area contributed by atoms with Crippen LogP contribution in [-0.2, 0) is 4.79 Å². The van der Waals surface area contributed by atoms with Crippen LogP contribution in [0.1, 0.15) is 24.9 Å². The fourth-order valence-electron chi connectivity index (χ4n) is 1.88. The summed E-state index contributed by atoms with van der Waals surface area (Å²) in [6.45, 7) is 1.91. The summed E-state index contributed by atoms with van der Waals surface area (Å²) in [6, 6.07) is 5.07. The second-order valence-corrected chi connectivity index (χ2v) is 4.85. The van der Waals surface area contributed by atoms with Crippen LogP contribution in [0.3, 0.4) is 0 Å². The second kappa shape index (κ2) is 6.02. The van der Waals surface area contributed by atoms with Crippen LogP contribution in [0.25, 0.3) is 0 Å². The van der Waals surface area contributed by atoms with Gasteiger partial charge in [0.25, 0.3) is 0 Å². The molecule has 0 heterocycles. The highest BCUT2D eigenvalue weighted by Crippen LogP contribution is 2.32. The van der Waals surface area contributed by atoms with Crippen molar-refractivity contribution in [1.29, 1.82) is 0 Å². The van der Waals surface area contributed by atoms with Crippen molar-refractivity contribution < 1.29 is 15.0 Å². The Kier molecular flexibility index (Phi) is 4.96. The fraction of sp³-hybridized carbons (Fsp3) is 0.417. The van der Waals surface area contributed by atoms with E-state index in [1.165, 1.54) is 0 Å². The van der Waals surface area contributed by atoms with Crippen molar-refractivity contribution in [2.24, 2.45) is 0 Å². The lowest BCUT2D eigenvalue weighted by molar-refractivity contribution is -0.138. The van der Waals surface area contributed by atoms with Crippen molar-refractivity contribution in [3.05, 3.63) is 28.2 Å². The molecule has 1 aromatic carbocycles. The SMILES string of the molecule is CCC(c1cc(Br)ccc1O)N(C)CC(=O)O. The van der Waals surface area contributed by atoms with Crippen molar-refractivity contribution >= 4 is 21.9 Å². The standard InChI is InChI=1S/C12H16BrNO3/c1-3-10(14(2)7-12(16)17)9-6-8(13)4-5-11(9)15/h4-6,10,15H,3,7H2,1-2H3,(H,16,17). The molecule has 0 radical (unpaired) electrons. The van der Waals surface area contributed by atoms with Crippen molar-refractivity contribution in [3.8, 4) is 5.75 Å². The maximum absolute atomic E-state index is 10.7. The van der Waals surface area contributed by atoms with Gasteiger partial charge in [0.2, 0.25) is 0 Å². The highest BCUT2D eigenvalue weighted by atomic mass is 79.9. The van der Waals surface area contributed by atoms with E-state index in [-0.39, 0.29) is 18.3 Å². The van der Waals surface area contributed by atoms with Gasteiger partial charge in [-0.2, -0.15) is 0 Å². The van der Waals surface area contributed by atoms with Crippen LogP contribution in [0.15, 0.2) is 22.7 Å². The van der Waals surface area contributed by atoms with Gasteiger partial charge in [0, 0.05) is 16.1 Å². The van der Waals surface area contributed by atoms with E-state index in [1.54, 1.807) is 24.1 Å². The Hall–Kier alpha value is -1.07. The van der Waals surface area contributed by atoms with E-state index in [0.29, 0.717) is 0 Å². The number of halogens is 1. The summed E-state index contributed by atoms with van der Waals surface area (Å²) < 4.78 is 0.868. The summed E-state index contributed by atoms with van der Waals surface area (Å²) in [5.74, 6) is -0.683. The highest BCUT2D eigenvalue weighted by molar-refractivity contribution is 9.10. The number of phenolic OH excluding ortho intramolecular Hbond substituents is 1. The van der Waals surface area contributed by atoms with Gasteiger partial charge in [-0.1, -0.05) is 22.9 Å². The zero-order chi connectivity index (χ0) is 13.0. The first-order chi connectivity index (χ1) is 7.95. The number of aromatic hydroxyl groups is 1. The summed E-state index contributed by atoms with van der Waals surface area (Å²) in [5, 5.41) is 18.6. The molecule has 0 aliphatic heterocycles. The van der Waals surface area contributed by atoms with Crippen LogP contribution >= 0.6 is 15.9 Å². The molecule has 0 saturated carbocycles. The monoisotopic (exact) mass is 301 g/mol. The van der Waals surface area contributed by atoms with Crippen LogP contribution in [-0.4, -0.2) is 34.7 Å². The van der Waals surface area contributed by atoms with Gasteiger partial charge >= 0.3 is 5.97 Å². The lowest BCUT2D eigenvalue weighted by atomic mass is 10.0. The van der Waals surface area contributed by atoms with E-state index in [2.05, 4.69) is 15.9 Å². The molecule has 2 N–H and O–H groups in total. The Balaban J connectivity index is 3.00. The molecule has 0 aliphatic rings. The number of hydrogen-bond donors (Lipinski definition) is 2. The number of phenols is 1. The summed E-state index contributed by atoms with van der Waals surface area (Å²) in [7, 11) is 1.74. The molecule has 0 bridgehead atoms. The van der Waals surface area contributed by atoms with Crippen LogP contribution in [0.5, 0.6) is 5.75 Å². The number of aliphatic carboxylic acids is 1. The van der Waals surface area contributed by atoms with E-state index >= 15 is 0 Å². The first-order valence-corrected chi connectivity index (χ1v) is 6.15. The van der Waals surface area contributed by atoms with E-state index in [1.807, 2.05) is 13.0 Å². The summed E-state index contributed by atoms with van der Waals surface area (Å²) in [4.78, 5) is 12.4. The molecule has 0 aliphatic carbocycles. The molecule has 5 heteroatoms. The third-order valence-electron chi connectivity index (χ3n) is 2.65. The minimum atomic E-state index is -0.875. The summed E-state index contributed by atoms with van der Waals surface area (Å²) in [6.07, 6.45) is 0.730. The Morgan fingerprint density at radius 1 is 1.53 bits per heavy atom. The number of rotatable bonds is 5. The number of likely N-dealkylation sites (N-methyl/N-ethyl adjacent to an activating group) is 1. The van der Waals surface area contributed by atoms with Crippen LogP contribution in [0.2, 0.25) is 0 Å². The smallest absolute Gasteiger partial charge is 0.317 e.